The Morgan fingerprint density at radius 1 is 1.17 bits per heavy atom. The van der Waals surface area contributed by atoms with Crippen molar-refractivity contribution in [2.45, 2.75) is 18.7 Å². The van der Waals surface area contributed by atoms with Gasteiger partial charge in [-0.25, -0.2) is 13.1 Å². The molecule has 1 amide bonds. The fraction of sp³-hybridized carbons (Fsp3) is 0.286. The second-order valence-electron chi connectivity index (χ2n) is 5.05. The number of nitrogens with one attached hydrogen (secondary N) is 2. The van der Waals surface area contributed by atoms with Gasteiger partial charge >= 0.3 is 0 Å². The molecule has 24 heavy (non-hydrogen) atoms. The van der Waals surface area contributed by atoms with Gasteiger partial charge in [-0.05, 0) is 26.0 Å². The van der Waals surface area contributed by atoms with Gasteiger partial charge < -0.3 is 20.1 Å². The molecule has 9 nitrogen and oxygen atoms in total. The SMILES string of the molecule is Cc1noc(C)c1S(=O)(=O)NCCNC(=O)c1cc(O)cc(O)c1. The molecule has 0 aliphatic rings. The van der Waals surface area contributed by atoms with Gasteiger partial charge in [-0.3, -0.25) is 4.79 Å². The van der Waals surface area contributed by atoms with Crippen molar-refractivity contribution in [1.82, 2.24) is 15.2 Å². The zero-order chi connectivity index (χ0) is 17.9. The lowest BCUT2D eigenvalue weighted by Gasteiger charge is -2.08. The van der Waals surface area contributed by atoms with Crippen LogP contribution in [-0.2, 0) is 10.0 Å². The van der Waals surface area contributed by atoms with E-state index in [1.54, 1.807) is 0 Å². The van der Waals surface area contributed by atoms with Gasteiger partial charge in [-0.1, -0.05) is 5.16 Å². The van der Waals surface area contributed by atoms with Crippen LogP contribution in [0.5, 0.6) is 11.5 Å². The van der Waals surface area contributed by atoms with Crippen molar-refractivity contribution in [3.05, 3.63) is 35.2 Å². The fourth-order valence-corrected chi connectivity index (χ4v) is 3.48. The molecular formula is C14H17N3O6S. The first-order valence-electron chi connectivity index (χ1n) is 6.94. The summed E-state index contributed by atoms with van der Waals surface area (Å²) in [6, 6.07) is 3.46. The molecule has 10 heteroatoms. The van der Waals surface area contributed by atoms with Crippen LogP contribution < -0.4 is 10.0 Å². The number of aryl methyl sites for hydroxylation is 2. The van der Waals surface area contributed by atoms with Gasteiger partial charge in [0.1, 0.15) is 22.1 Å². The number of carbonyl (C=O) groups excluding carboxylic acids is 1. The van der Waals surface area contributed by atoms with Crippen molar-refractivity contribution in [3.8, 4) is 11.5 Å². The van der Waals surface area contributed by atoms with Gasteiger partial charge in [-0.2, -0.15) is 0 Å². The zero-order valence-electron chi connectivity index (χ0n) is 13.0. The summed E-state index contributed by atoms with van der Waals surface area (Å²) in [4.78, 5) is 11.9. The van der Waals surface area contributed by atoms with Crippen LogP contribution in [0.25, 0.3) is 0 Å². The average molecular weight is 355 g/mol. The Morgan fingerprint density at radius 2 is 1.79 bits per heavy atom. The lowest BCUT2D eigenvalue weighted by atomic mass is 10.2. The molecule has 0 radical (unpaired) electrons. The number of carbonyl (C=O) groups is 1. The Labute approximate surface area is 138 Å². The number of nitrogens with zero attached hydrogens (tertiary/aromatic N) is 1. The molecule has 0 aliphatic heterocycles. The number of aromatic hydroxyl groups is 2. The summed E-state index contributed by atoms with van der Waals surface area (Å²) in [7, 11) is -3.79. The number of benzene rings is 1. The van der Waals surface area contributed by atoms with Crippen LogP contribution in [0, 0.1) is 13.8 Å². The molecule has 0 aliphatic carbocycles. The van der Waals surface area contributed by atoms with Gasteiger partial charge in [0, 0.05) is 24.7 Å². The Kier molecular flexibility index (Phi) is 5.10. The fourth-order valence-electron chi connectivity index (χ4n) is 2.12. The standard InChI is InChI=1S/C14H17N3O6S/c1-8-13(9(2)23-17-8)24(21,22)16-4-3-15-14(20)10-5-11(18)7-12(19)6-10/h5-7,16,18-19H,3-4H2,1-2H3,(H,15,20). The minimum absolute atomic E-state index is 0.0118. The highest BCUT2D eigenvalue weighted by atomic mass is 32.2. The Balaban J connectivity index is 1.92. The van der Waals surface area contributed by atoms with Gasteiger partial charge in [-0.15, -0.1) is 0 Å². The Bertz CT molecular complexity index is 820. The van der Waals surface area contributed by atoms with Crippen LogP contribution in [0.4, 0.5) is 0 Å². The predicted molar refractivity (Wildman–Crippen MR) is 83.3 cm³/mol. The Morgan fingerprint density at radius 3 is 2.33 bits per heavy atom. The molecule has 0 spiro atoms. The van der Waals surface area contributed by atoms with E-state index in [0.29, 0.717) is 0 Å². The normalized spacial score (nSPS) is 11.4. The van der Waals surface area contributed by atoms with E-state index in [9.17, 15) is 23.4 Å². The van der Waals surface area contributed by atoms with Crippen LogP contribution in [-0.4, -0.2) is 42.8 Å². The number of amides is 1. The first kappa shape index (κ1) is 17.8. The number of sulfonamides is 1. The number of aromatic nitrogens is 1. The van der Waals surface area contributed by atoms with E-state index in [1.165, 1.54) is 26.0 Å². The molecule has 1 aromatic heterocycles. The molecule has 0 saturated carbocycles. The van der Waals surface area contributed by atoms with Crippen LogP contribution in [0.15, 0.2) is 27.6 Å². The molecule has 0 bridgehead atoms. The van der Waals surface area contributed by atoms with Crippen molar-refractivity contribution < 1.29 is 27.9 Å². The largest absolute Gasteiger partial charge is 0.508 e. The lowest BCUT2D eigenvalue weighted by Crippen LogP contribution is -2.35. The zero-order valence-corrected chi connectivity index (χ0v) is 13.8. The summed E-state index contributed by atoms with van der Waals surface area (Å²) < 4.78 is 31.4. The molecule has 1 heterocycles. The molecule has 1 aromatic carbocycles. The van der Waals surface area contributed by atoms with Crippen LogP contribution in [0.2, 0.25) is 0 Å². The summed E-state index contributed by atoms with van der Waals surface area (Å²) in [6.45, 7) is 2.96. The van der Waals surface area contributed by atoms with E-state index < -0.39 is 15.9 Å². The van der Waals surface area contributed by atoms with Crippen LogP contribution >= 0.6 is 0 Å². The maximum absolute atomic E-state index is 12.1. The maximum Gasteiger partial charge on any atom is 0.251 e. The summed E-state index contributed by atoms with van der Waals surface area (Å²) in [5, 5.41) is 24.7. The third kappa shape index (κ3) is 4.03. The first-order chi connectivity index (χ1) is 11.2. The maximum atomic E-state index is 12.1. The smallest absolute Gasteiger partial charge is 0.251 e. The van der Waals surface area contributed by atoms with Crippen molar-refractivity contribution in [2.24, 2.45) is 0 Å². The third-order valence-corrected chi connectivity index (χ3v) is 4.81. The monoisotopic (exact) mass is 355 g/mol. The molecule has 0 fully saturated rings. The molecule has 0 saturated heterocycles. The predicted octanol–water partition coefficient (Wildman–Crippen LogP) is 0.411. The van der Waals surface area contributed by atoms with Crippen molar-refractivity contribution in [2.75, 3.05) is 13.1 Å². The molecule has 0 unspecified atom stereocenters. The summed E-state index contributed by atoms with van der Waals surface area (Å²) in [5.41, 5.74) is 0.306. The van der Waals surface area contributed by atoms with E-state index in [2.05, 4.69) is 15.2 Å². The number of phenolic OH excluding ortho intramolecular Hbond substituents is 2. The summed E-state index contributed by atoms with van der Waals surface area (Å²) >= 11 is 0. The quantitative estimate of drug-likeness (QED) is 0.550. The summed E-state index contributed by atoms with van der Waals surface area (Å²) in [6.07, 6.45) is 0. The van der Waals surface area contributed by atoms with Gasteiger partial charge in [0.25, 0.3) is 5.91 Å². The van der Waals surface area contributed by atoms with Gasteiger partial charge in [0.05, 0.1) is 0 Å². The first-order valence-corrected chi connectivity index (χ1v) is 8.43. The van der Waals surface area contributed by atoms with E-state index in [1.807, 2.05) is 0 Å². The number of rotatable bonds is 6. The highest BCUT2D eigenvalue weighted by Gasteiger charge is 2.23. The molecule has 2 aromatic rings. The average Bonchev–Trinajstić information content (AvgIpc) is 2.82. The van der Waals surface area contributed by atoms with Crippen LogP contribution in [0.1, 0.15) is 21.8 Å². The molecule has 0 atom stereocenters. The number of hydrogen-bond donors (Lipinski definition) is 4. The minimum atomic E-state index is -3.79. The van der Waals surface area contributed by atoms with Gasteiger partial charge in [0.2, 0.25) is 10.0 Å². The summed E-state index contributed by atoms with van der Waals surface area (Å²) in [5.74, 6) is -0.879. The van der Waals surface area contributed by atoms with E-state index in [0.717, 1.165) is 6.07 Å². The topological polar surface area (TPSA) is 142 Å². The van der Waals surface area contributed by atoms with Crippen molar-refractivity contribution >= 4 is 15.9 Å². The van der Waals surface area contributed by atoms with E-state index in [-0.39, 0.29) is 46.5 Å². The number of phenols is 2. The second-order valence-corrected chi connectivity index (χ2v) is 6.75. The number of hydrogen-bond acceptors (Lipinski definition) is 7. The second kappa shape index (κ2) is 6.89. The molecule has 2 rings (SSSR count). The highest BCUT2D eigenvalue weighted by Crippen LogP contribution is 2.20. The molecule has 130 valence electrons. The lowest BCUT2D eigenvalue weighted by molar-refractivity contribution is 0.0953. The minimum Gasteiger partial charge on any atom is -0.508 e. The molecular weight excluding hydrogens is 338 g/mol. The Hall–Kier alpha value is -2.59. The molecule has 4 N–H and O–H groups in total. The highest BCUT2D eigenvalue weighted by molar-refractivity contribution is 7.89. The van der Waals surface area contributed by atoms with E-state index in [4.69, 9.17) is 4.52 Å². The van der Waals surface area contributed by atoms with Gasteiger partial charge in [0.15, 0.2) is 5.76 Å². The van der Waals surface area contributed by atoms with E-state index >= 15 is 0 Å². The van der Waals surface area contributed by atoms with Crippen molar-refractivity contribution in [3.63, 3.8) is 0 Å². The van der Waals surface area contributed by atoms with Crippen molar-refractivity contribution in [1.29, 1.82) is 0 Å². The third-order valence-electron chi connectivity index (χ3n) is 3.10. The van der Waals surface area contributed by atoms with Crippen LogP contribution in [0.3, 0.4) is 0 Å².